The van der Waals surface area contributed by atoms with Crippen LogP contribution in [-0.2, 0) is 12.2 Å². The van der Waals surface area contributed by atoms with Crippen LogP contribution in [0.4, 0.5) is 5.82 Å². The standard InChI is InChI=1S/C11H14N4S2/c1-3-9-14-11(17-15-9)16-7-8-4-5-13-10(6-8)12-2/h4-6H,3,7H2,1-2H3,(H,12,13). The molecule has 90 valence electrons. The molecule has 0 fully saturated rings. The predicted molar refractivity (Wildman–Crippen MR) is 72.6 cm³/mol. The zero-order valence-corrected chi connectivity index (χ0v) is 11.4. The van der Waals surface area contributed by atoms with E-state index >= 15 is 0 Å². The van der Waals surface area contributed by atoms with Crippen LogP contribution in [-0.4, -0.2) is 21.4 Å². The van der Waals surface area contributed by atoms with Gasteiger partial charge in [-0.3, -0.25) is 0 Å². The average Bonchev–Trinajstić information content (AvgIpc) is 2.84. The third kappa shape index (κ3) is 3.41. The number of aromatic nitrogens is 3. The van der Waals surface area contributed by atoms with Crippen molar-refractivity contribution in [2.75, 3.05) is 12.4 Å². The van der Waals surface area contributed by atoms with Crippen molar-refractivity contribution >= 4 is 29.1 Å². The van der Waals surface area contributed by atoms with E-state index in [1.807, 2.05) is 19.3 Å². The highest BCUT2D eigenvalue weighted by atomic mass is 32.2. The molecule has 0 bridgehead atoms. The van der Waals surface area contributed by atoms with E-state index in [2.05, 4.69) is 32.6 Å². The Bertz CT molecular complexity index is 484. The van der Waals surface area contributed by atoms with Crippen molar-refractivity contribution in [3.05, 3.63) is 29.7 Å². The van der Waals surface area contributed by atoms with Gasteiger partial charge in [-0.1, -0.05) is 18.7 Å². The number of aryl methyl sites for hydroxylation is 1. The maximum Gasteiger partial charge on any atom is 0.170 e. The monoisotopic (exact) mass is 266 g/mol. The summed E-state index contributed by atoms with van der Waals surface area (Å²) in [6.07, 6.45) is 2.72. The number of hydrogen-bond acceptors (Lipinski definition) is 6. The number of pyridine rings is 1. The molecule has 2 aromatic heterocycles. The van der Waals surface area contributed by atoms with Gasteiger partial charge in [-0.2, -0.15) is 4.37 Å². The van der Waals surface area contributed by atoms with Crippen molar-refractivity contribution in [3.63, 3.8) is 0 Å². The van der Waals surface area contributed by atoms with Gasteiger partial charge in [-0.25, -0.2) is 9.97 Å². The van der Waals surface area contributed by atoms with Crippen molar-refractivity contribution in [2.45, 2.75) is 23.4 Å². The fourth-order valence-corrected chi connectivity index (χ4v) is 2.92. The first kappa shape index (κ1) is 12.3. The van der Waals surface area contributed by atoms with Crippen LogP contribution in [0.2, 0.25) is 0 Å². The highest BCUT2D eigenvalue weighted by Crippen LogP contribution is 2.24. The van der Waals surface area contributed by atoms with Gasteiger partial charge in [0, 0.05) is 25.4 Å². The first-order valence-electron chi connectivity index (χ1n) is 5.40. The minimum atomic E-state index is 0.898. The van der Waals surface area contributed by atoms with Crippen molar-refractivity contribution in [1.29, 1.82) is 0 Å². The van der Waals surface area contributed by atoms with E-state index < -0.39 is 0 Å². The highest BCUT2D eigenvalue weighted by molar-refractivity contribution is 8.00. The molecule has 2 aromatic rings. The van der Waals surface area contributed by atoms with E-state index in [-0.39, 0.29) is 0 Å². The highest BCUT2D eigenvalue weighted by Gasteiger charge is 2.04. The summed E-state index contributed by atoms with van der Waals surface area (Å²) in [6, 6.07) is 4.07. The van der Waals surface area contributed by atoms with Crippen LogP contribution in [0.15, 0.2) is 22.7 Å². The summed E-state index contributed by atoms with van der Waals surface area (Å²) in [6.45, 7) is 2.07. The fraction of sp³-hybridized carbons (Fsp3) is 0.364. The molecule has 0 saturated carbocycles. The summed E-state index contributed by atoms with van der Waals surface area (Å²) in [7, 11) is 1.87. The van der Waals surface area contributed by atoms with Gasteiger partial charge in [0.2, 0.25) is 0 Å². The molecule has 0 aliphatic heterocycles. The maximum atomic E-state index is 4.43. The Hall–Kier alpha value is -1.14. The molecule has 0 saturated heterocycles. The molecule has 4 nitrogen and oxygen atoms in total. The Balaban J connectivity index is 1.96. The molecule has 2 rings (SSSR count). The third-order valence-corrected chi connectivity index (χ3v) is 4.15. The molecule has 1 N–H and O–H groups in total. The Morgan fingerprint density at radius 2 is 2.35 bits per heavy atom. The van der Waals surface area contributed by atoms with Crippen molar-refractivity contribution in [3.8, 4) is 0 Å². The lowest BCUT2D eigenvalue weighted by Crippen LogP contribution is -1.92. The summed E-state index contributed by atoms with van der Waals surface area (Å²) in [5.74, 6) is 2.73. The first-order valence-corrected chi connectivity index (χ1v) is 7.15. The van der Waals surface area contributed by atoms with Crippen molar-refractivity contribution in [1.82, 2.24) is 14.3 Å². The van der Waals surface area contributed by atoms with Crippen LogP contribution in [0.3, 0.4) is 0 Å². The van der Waals surface area contributed by atoms with Gasteiger partial charge < -0.3 is 5.32 Å². The average molecular weight is 266 g/mol. The maximum absolute atomic E-state index is 4.43. The zero-order valence-electron chi connectivity index (χ0n) is 9.80. The molecule has 2 heterocycles. The molecular formula is C11H14N4S2. The Morgan fingerprint density at radius 1 is 1.47 bits per heavy atom. The van der Waals surface area contributed by atoms with Gasteiger partial charge in [0.1, 0.15) is 11.6 Å². The number of hydrogen-bond donors (Lipinski definition) is 1. The van der Waals surface area contributed by atoms with Gasteiger partial charge in [-0.05, 0) is 29.2 Å². The molecule has 0 unspecified atom stereocenters. The van der Waals surface area contributed by atoms with Crippen LogP contribution in [0, 0.1) is 0 Å². The topological polar surface area (TPSA) is 50.7 Å². The number of nitrogens with zero attached hydrogens (tertiary/aromatic N) is 3. The van der Waals surface area contributed by atoms with Crippen molar-refractivity contribution in [2.24, 2.45) is 0 Å². The van der Waals surface area contributed by atoms with Crippen LogP contribution in [0.1, 0.15) is 18.3 Å². The zero-order chi connectivity index (χ0) is 12.1. The predicted octanol–water partition coefficient (Wildman–Crippen LogP) is 2.83. The molecule has 0 spiro atoms. The number of anilines is 1. The molecule has 0 aliphatic carbocycles. The van der Waals surface area contributed by atoms with E-state index in [4.69, 9.17) is 0 Å². The smallest absolute Gasteiger partial charge is 0.170 e. The number of rotatable bonds is 5. The second-order valence-corrected chi connectivity index (χ2v) is 5.39. The Kier molecular flexibility index (Phi) is 4.33. The summed E-state index contributed by atoms with van der Waals surface area (Å²) < 4.78 is 5.30. The van der Waals surface area contributed by atoms with E-state index in [1.54, 1.807) is 11.8 Å². The Morgan fingerprint density at radius 3 is 3.06 bits per heavy atom. The molecule has 17 heavy (non-hydrogen) atoms. The van der Waals surface area contributed by atoms with E-state index in [1.165, 1.54) is 17.1 Å². The van der Waals surface area contributed by atoms with Gasteiger partial charge in [0.05, 0.1) is 0 Å². The molecule has 0 amide bonds. The van der Waals surface area contributed by atoms with Crippen LogP contribution in [0.5, 0.6) is 0 Å². The molecule has 0 radical (unpaired) electrons. The summed E-state index contributed by atoms with van der Waals surface area (Å²) in [5.41, 5.74) is 1.24. The number of nitrogens with one attached hydrogen (secondary N) is 1. The summed E-state index contributed by atoms with van der Waals surface area (Å²) >= 11 is 3.19. The summed E-state index contributed by atoms with van der Waals surface area (Å²) in [4.78, 5) is 8.61. The lowest BCUT2D eigenvalue weighted by atomic mass is 10.3. The third-order valence-electron chi connectivity index (χ3n) is 2.21. The number of thioether (sulfide) groups is 1. The van der Waals surface area contributed by atoms with Crippen molar-refractivity contribution < 1.29 is 0 Å². The van der Waals surface area contributed by atoms with E-state index in [9.17, 15) is 0 Å². The lowest BCUT2D eigenvalue weighted by molar-refractivity contribution is 0.971. The fourth-order valence-electron chi connectivity index (χ4n) is 1.29. The second-order valence-electron chi connectivity index (χ2n) is 3.42. The molecule has 6 heteroatoms. The SMILES string of the molecule is CCc1nsc(SCc2ccnc(NC)c2)n1. The van der Waals surface area contributed by atoms with Gasteiger partial charge in [0.25, 0.3) is 0 Å². The first-order chi connectivity index (χ1) is 8.31. The van der Waals surface area contributed by atoms with Crippen LogP contribution >= 0.6 is 23.3 Å². The minimum absolute atomic E-state index is 0.898. The van der Waals surface area contributed by atoms with Gasteiger partial charge in [0.15, 0.2) is 4.34 Å². The molecular weight excluding hydrogens is 252 g/mol. The van der Waals surface area contributed by atoms with Crippen LogP contribution < -0.4 is 5.32 Å². The molecule has 0 atom stereocenters. The normalized spacial score (nSPS) is 10.5. The summed E-state index contributed by atoms with van der Waals surface area (Å²) in [5, 5.41) is 3.03. The van der Waals surface area contributed by atoms with Gasteiger partial charge in [-0.15, -0.1) is 0 Å². The lowest BCUT2D eigenvalue weighted by Gasteiger charge is -2.02. The van der Waals surface area contributed by atoms with E-state index in [0.717, 1.165) is 28.2 Å². The quantitative estimate of drug-likeness (QED) is 0.843. The largest absolute Gasteiger partial charge is 0.373 e. The minimum Gasteiger partial charge on any atom is -0.373 e. The second kappa shape index (κ2) is 5.97. The Labute approximate surface area is 109 Å². The molecule has 0 aliphatic rings. The van der Waals surface area contributed by atoms with Crippen LogP contribution in [0.25, 0.3) is 0 Å². The van der Waals surface area contributed by atoms with E-state index in [0.29, 0.717) is 0 Å². The molecule has 0 aromatic carbocycles. The van der Waals surface area contributed by atoms with Gasteiger partial charge >= 0.3 is 0 Å².